The van der Waals surface area contributed by atoms with E-state index in [1.54, 1.807) is 12.1 Å². The van der Waals surface area contributed by atoms with Crippen molar-refractivity contribution in [2.45, 2.75) is 26.7 Å². The molecule has 5 heteroatoms. The summed E-state index contributed by atoms with van der Waals surface area (Å²) in [6.45, 7) is 5.92. The van der Waals surface area contributed by atoms with Crippen molar-refractivity contribution >= 4 is 27.4 Å². The summed E-state index contributed by atoms with van der Waals surface area (Å²) in [5, 5.41) is 3.19. The molecular weight excluding hydrogens is 309 g/mol. The lowest BCUT2D eigenvalue weighted by atomic mass is 10.2. The first kappa shape index (κ1) is 13.9. The number of nitrogens with one attached hydrogen (secondary N) is 1. The Kier molecular flexibility index (Phi) is 4.14. The van der Waals surface area contributed by atoms with Crippen LogP contribution in [-0.4, -0.2) is 9.97 Å². The zero-order chi connectivity index (χ0) is 14.0. The molecule has 1 aromatic heterocycles. The largest absolute Gasteiger partial charge is 0.340 e. The van der Waals surface area contributed by atoms with Crippen molar-refractivity contribution in [2.75, 3.05) is 5.32 Å². The quantitative estimate of drug-likeness (QED) is 0.842. The van der Waals surface area contributed by atoms with Gasteiger partial charge in [0.2, 0.25) is 0 Å². The lowest BCUT2D eigenvalue weighted by Gasteiger charge is -2.11. The molecule has 0 saturated carbocycles. The van der Waals surface area contributed by atoms with E-state index in [0.717, 1.165) is 21.7 Å². The van der Waals surface area contributed by atoms with Gasteiger partial charge in [-0.15, -0.1) is 0 Å². The topological polar surface area (TPSA) is 37.8 Å². The third kappa shape index (κ3) is 3.50. The van der Waals surface area contributed by atoms with Gasteiger partial charge in [0.05, 0.1) is 0 Å². The first-order valence-electron chi connectivity index (χ1n) is 6.03. The standard InChI is InChI=1S/C14H15BrFN3/c1-8(2)14-18-12(15)7-13(19-14)17-11-5-4-10(16)6-9(11)3/h4-8H,1-3H3,(H,17,18,19). The average Bonchev–Trinajstić information content (AvgIpc) is 2.32. The molecule has 0 atom stereocenters. The molecule has 1 aromatic carbocycles. The van der Waals surface area contributed by atoms with Crippen LogP contribution >= 0.6 is 15.9 Å². The molecule has 0 aliphatic carbocycles. The number of hydrogen-bond donors (Lipinski definition) is 1. The van der Waals surface area contributed by atoms with Crippen molar-refractivity contribution in [3.05, 3.63) is 46.1 Å². The highest BCUT2D eigenvalue weighted by molar-refractivity contribution is 9.10. The van der Waals surface area contributed by atoms with E-state index in [-0.39, 0.29) is 11.7 Å². The van der Waals surface area contributed by atoms with Gasteiger partial charge in [0, 0.05) is 17.7 Å². The molecule has 0 saturated heterocycles. The summed E-state index contributed by atoms with van der Waals surface area (Å²) < 4.78 is 13.8. The first-order chi connectivity index (χ1) is 8.95. The molecule has 0 fully saturated rings. The Balaban J connectivity index is 2.32. The molecule has 100 valence electrons. The van der Waals surface area contributed by atoms with E-state index in [2.05, 4.69) is 31.2 Å². The van der Waals surface area contributed by atoms with Crippen molar-refractivity contribution in [1.82, 2.24) is 9.97 Å². The molecule has 0 radical (unpaired) electrons. The number of nitrogens with zero attached hydrogens (tertiary/aromatic N) is 2. The van der Waals surface area contributed by atoms with Crippen LogP contribution in [0.1, 0.15) is 31.2 Å². The summed E-state index contributed by atoms with van der Waals surface area (Å²) in [6, 6.07) is 6.42. The Morgan fingerprint density at radius 1 is 1.21 bits per heavy atom. The van der Waals surface area contributed by atoms with Gasteiger partial charge in [-0.1, -0.05) is 13.8 Å². The van der Waals surface area contributed by atoms with Crippen LogP contribution < -0.4 is 5.32 Å². The van der Waals surface area contributed by atoms with Gasteiger partial charge >= 0.3 is 0 Å². The maximum absolute atomic E-state index is 13.1. The Hall–Kier alpha value is -1.49. The van der Waals surface area contributed by atoms with Crippen molar-refractivity contribution in [3.63, 3.8) is 0 Å². The van der Waals surface area contributed by atoms with Gasteiger partial charge in [-0.05, 0) is 46.6 Å². The Morgan fingerprint density at radius 3 is 2.58 bits per heavy atom. The van der Waals surface area contributed by atoms with E-state index in [4.69, 9.17) is 0 Å². The molecule has 1 N–H and O–H groups in total. The minimum absolute atomic E-state index is 0.241. The van der Waals surface area contributed by atoms with Gasteiger partial charge in [0.1, 0.15) is 22.1 Å². The predicted molar refractivity (Wildman–Crippen MR) is 78.2 cm³/mol. The summed E-state index contributed by atoms with van der Waals surface area (Å²) >= 11 is 3.37. The average molecular weight is 324 g/mol. The van der Waals surface area contributed by atoms with E-state index in [0.29, 0.717) is 5.82 Å². The Labute approximate surface area is 120 Å². The van der Waals surface area contributed by atoms with E-state index in [1.807, 2.05) is 20.8 Å². The summed E-state index contributed by atoms with van der Waals surface area (Å²) in [4.78, 5) is 8.76. The molecule has 0 amide bonds. The maximum Gasteiger partial charge on any atom is 0.135 e. The van der Waals surface area contributed by atoms with Gasteiger partial charge in [-0.2, -0.15) is 0 Å². The van der Waals surface area contributed by atoms with E-state index < -0.39 is 0 Å². The minimum atomic E-state index is -0.241. The number of aryl methyl sites for hydroxylation is 1. The summed E-state index contributed by atoms with van der Waals surface area (Å²) in [7, 11) is 0. The molecule has 0 aliphatic heterocycles. The van der Waals surface area contributed by atoms with E-state index >= 15 is 0 Å². The molecule has 2 aromatic rings. The van der Waals surface area contributed by atoms with Crippen LogP contribution in [0, 0.1) is 12.7 Å². The summed E-state index contributed by atoms with van der Waals surface area (Å²) in [5.74, 6) is 1.46. The smallest absolute Gasteiger partial charge is 0.135 e. The maximum atomic E-state index is 13.1. The summed E-state index contributed by atoms with van der Waals surface area (Å²) in [6.07, 6.45) is 0. The molecule has 3 nitrogen and oxygen atoms in total. The molecule has 2 rings (SSSR count). The lowest BCUT2D eigenvalue weighted by molar-refractivity contribution is 0.627. The third-order valence-corrected chi connectivity index (χ3v) is 3.09. The SMILES string of the molecule is Cc1cc(F)ccc1Nc1cc(Br)nc(C(C)C)n1. The number of hydrogen-bond acceptors (Lipinski definition) is 3. The zero-order valence-electron chi connectivity index (χ0n) is 11.0. The van der Waals surface area contributed by atoms with Gasteiger partial charge in [-0.3, -0.25) is 0 Å². The molecular formula is C14H15BrFN3. The highest BCUT2D eigenvalue weighted by Crippen LogP contribution is 2.23. The second-order valence-corrected chi connectivity index (χ2v) is 5.49. The van der Waals surface area contributed by atoms with Crippen LogP contribution in [0.2, 0.25) is 0 Å². The number of benzene rings is 1. The molecule has 0 bridgehead atoms. The van der Waals surface area contributed by atoms with Gasteiger partial charge in [-0.25, -0.2) is 14.4 Å². The Morgan fingerprint density at radius 2 is 1.95 bits per heavy atom. The van der Waals surface area contributed by atoms with E-state index in [1.165, 1.54) is 12.1 Å². The minimum Gasteiger partial charge on any atom is -0.340 e. The van der Waals surface area contributed by atoms with Crippen LogP contribution in [0.25, 0.3) is 0 Å². The normalized spacial score (nSPS) is 10.8. The van der Waals surface area contributed by atoms with Crippen molar-refractivity contribution in [1.29, 1.82) is 0 Å². The molecule has 1 heterocycles. The Bertz CT molecular complexity index is 599. The fourth-order valence-electron chi connectivity index (χ4n) is 1.66. The molecule has 0 aliphatic rings. The molecule has 19 heavy (non-hydrogen) atoms. The number of anilines is 2. The van der Waals surface area contributed by atoms with Gasteiger partial charge in [0.25, 0.3) is 0 Å². The van der Waals surface area contributed by atoms with Crippen LogP contribution in [0.3, 0.4) is 0 Å². The number of rotatable bonds is 3. The first-order valence-corrected chi connectivity index (χ1v) is 6.82. The zero-order valence-corrected chi connectivity index (χ0v) is 12.6. The number of aromatic nitrogens is 2. The second-order valence-electron chi connectivity index (χ2n) is 4.67. The summed E-state index contributed by atoms with van der Waals surface area (Å²) in [5.41, 5.74) is 1.67. The highest BCUT2D eigenvalue weighted by atomic mass is 79.9. The number of halogens is 2. The van der Waals surface area contributed by atoms with Crippen molar-refractivity contribution < 1.29 is 4.39 Å². The fraction of sp³-hybridized carbons (Fsp3) is 0.286. The van der Waals surface area contributed by atoms with Crippen molar-refractivity contribution in [3.8, 4) is 0 Å². The van der Waals surface area contributed by atoms with Crippen LogP contribution in [0.15, 0.2) is 28.9 Å². The molecule has 0 unspecified atom stereocenters. The van der Waals surface area contributed by atoms with Crippen LogP contribution in [0.5, 0.6) is 0 Å². The van der Waals surface area contributed by atoms with Crippen LogP contribution in [0.4, 0.5) is 15.9 Å². The monoisotopic (exact) mass is 323 g/mol. The van der Waals surface area contributed by atoms with Gasteiger partial charge in [0.15, 0.2) is 0 Å². The van der Waals surface area contributed by atoms with Gasteiger partial charge < -0.3 is 5.32 Å². The lowest BCUT2D eigenvalue weighted by Crippen LogP contribution is -2.03. The molecule has 0 spiro atoms. The second kappa shape index (κ2) is 5.65. The predicted octanol–water partition coefficient (Wildman–Crippen LogP) is 4.55. The van der Waals surface area contributed by atoms with Crippen LogP contribution in [-0.2, 0) is 0 Å². The van der Waals surface area contributed by atoms with E-state index in [9.17, 15) is 4.39 Å². The fourth-order valence-corrected chi connectivity index (χ4v) is 2.06. The third-order valence-electron chi connectivity index (χ3n) is 2.68. The highest BCUT2D eigenvalue weighted by Gasteiger charge is 2.08. The van der Waals surface area contributed by atoms with Crippen molar-refractivity contribution in [2.24, 2.45) is 0 Å².